The fourth-order valence-corrected chi connectivity index (χ4v) is 6.89. The number of halogens is 1. The van der Waals surface area contributed by atoms with Gasteiger partial charge >= 0.3 is 0 Å². The number of hydrogen-bond donors (Lipinski definition) is 2. The predicted octanol–water partition coefficient (Wildman–Crippen LogP) is 6.53. The van der Waals surface area contributed by atoms with Crippen LogP contribution in [0.25, 0.3) is 5.65 Å². The van der Waals surface area contributed by atoms with Crippen molar-refractivity contribution >= 4 is 34.1 Å². The molecule has 1 fully saturated rings. The summed E-state index contributed by atoms with van der Waals surface area (Å²) >= 11 is 0. The molecule has 12 heteroatoms. The number of nitrogens with zero attached hydrogens (tertiary/aromatic N) is 3. The summed E-state index contributed by atoms with van der Waals surface area (Å²) in [6.45, 7) is 20.6. The molecular formula is C31H47FN4O5Si2. The largest absolute Gasteiger partial charge is 0.414 e. The highest BCUT2D eigenvalue weighted by Crippen LogP contribution is 2.49. The number of carbonyl (C=O) groups excluding carboxylic acids is 1. The van der Waals surface area contributed by atoms with Crippen LogP contribution in [0.3, 0.4) is 0 Å². The highest BCUT2D eigenvalue weighted by Gasteiger charge is 2.60. The molecule has 2 N–H and O–H groups in total. The van der Waals surface area contributed by atoms with Crippen LogP contribution >= 0.6 is 0 Å². The summed E-state index contributed by atoms with van der Waals surface area (Å²) in [6.07, 6.45) is -0.712. The topological polar surface area (TPSA) is 107 Å². The van der Waals surface area contributed by atoms with Crippen LogP contribution in [0.4, 0.5) is 10.3 Å². The lowest BCUT2D eigenvalue weighted by Crippen LogP contribution is -2.58. The Bertz CT molecular complexity index is 1440. The molecule has 3 heterocycles. The third kappa shape index (κ3) is 6.64. The number of benzene rings is 1. The van der Waals surface area contributed by atoms with Gasteiger partial charge in [0.15, 0.2) is 22.8 Å². The number of nitrogens with one attached hydrogen (secondary N) is 1. The molecule has 3 aromatic rings. The van der Waals surface area contributed by atoms with E-state index in [0.29, 0.717) is 16.8 Å². The van der Waals surface area contributed by atoms with Gasteiger partial charge in [0.1, 0.15) is 29.8 Å². The van der Waals surface area contributed by atoms with Crippen molar-refractivity contribution in [3.63, 3.8) is 0 Å². The molecule has 0 unspecified atom stereocenters. The number of anilines is 1. The first kappa shape index (κ1) is 33.4. The minimum Gasteiger partial charge on any atom is -0.414 e. The molecule has 236 valence electrons. The fraction of sp³-hybridized carbons (Fsp3) is 0.581. The van der Waals surface area contributed by atoms with Gasteiger partial charge in [-0.3, -0.25) is 14.5 Å². The molecule has 2 aromatic heterocycles. The van der Waals surface area contributed by atoms with E-state index in [4.69, 9.17) is 13.6 Å². The SMILES string of the molecule is CC(C)(C)[Si](C)(C)OC[C@@]1(CO)O[C@@H](c2cc3ncnc(NC(=O)c4ccccc4)n3c2)[C@H](F)[C@@H]1O[Si](C)(C)C(C)(C)C. The van der Waals surface area contributed by atoms with E-state index in [1.807, 2.05) is 6.07 Å². The summed E-state index contributed by atoms with van der Waals surface area (Å²) in [5.41, 5.74) is 0.0173. The zero-order chi connectivity index (χ0) is 32.0. The van der Waals surface area contributed by atoms with Crippen molar-refractivity contribution in [3.05, 3.63) is 60.0 Å². The van der Waals surface area contributed by atoms with E-state index in [-0.39, 0.29) is 28.5 Å². The average Bonchev–Trinajstić information content (AvgIpc) is 3.47. The van der Waals surface area contributed by atoms with Gasteiger partial charge in [0.2, 0.25) is 5.95 Å². The predicted molar refractivity (Wildman–Crippen MR) is 171 cm³/mol. The zero-order valence-electron chi connectivity index (χ0n) is 27.1. The molecule has 0 bridgehead atoms. The lowest BCUT2D eigenvalue weighted by Gasteiger charge is -2.44. The van der Waals surface area contributed by atoms with Crippen LogP contribution < -0.4 is 5.32 Å². The lowest BCUT2D eigenvalue weighted by molar-refractivity contribution is -0.130. The number of fused-ring (bicyclic) bond motifs is 1. The number of ether oxygens (including phenoxy) is 1. The van der Waals surface area contributed by atoms with E-state index in [2.05, 4.69) is 83.0 Å². The van der Waals surface area contributed by atoms with Gasteiger partial charge in [-0.05, 0) is 54.5 Å². The number of aromatic nitrogens is 3. The summed E-state index contributed by atoms with van der Waals surface area (Å²) in [5, 5.41) is 13.4. The average molecular weight is 631 g/mol. The zero-order valence-corrected chi connectivity index (χ0v) is 29.1. The number of amides is 1. The Labute approximate surface area is 256 Å². The fourth-order valence-electron chi connectivity index (χ4n) is 4.52. The van der Waals surface area contributed by atoms with Crippen LogP contribution in [-0.2, 0) is 13.6 Å². The Balaban J connectivity index is 1.71. The Kier molecular flexibility index (Phi) is 9.16. The van der Waals surface area contributed by atoms with Crippen LogP contribution in [-0.4, -0.2) is 73.1 Å². The van der Waals surface area contributed by atoms with Crippen LogP contribution in [0.2, 0.25) is 36.3 Å². The van der Waals surface area contributed by atoms with E-state index in [0.717, 1.165) is 0 Å². The first-order valence-electron chi connectivity index (χ1n) is 14.8. The summed E-state index contributed by atoms with van der Waals surface area (Å²) in [5.74, 6) is -0.0940. The van der Waals surface area contributed by atoms with E-state index < -0.39 is 47.2 Å². The van der Waals surface area contributed by atoms with E-state index >= 15 is 4.39 Å². The van der Waals surface area contributed by atoms with Gasteiger partial charge in [-0.15, -0.1) is 0 Å². The normalized spacial score (nSPS) is 23.6. The number of hydrogen-bond acceptors (Lipinski definition) is 7. The minimum absolute atomic E-state index is 0.00175. The molecule has 1 amide bonds. The molecule has 9 nitrogen and oxygen atoms in total. The number of carbonyl (C=O) groups is 1. The summed E-state index contributed by atoms with van der Waals surface area (Å²) in [7, 11) is -4.78. The van der Waals surface area contributed by atoms with Gasteiger partial charge in [-0.25, -0.2) is 14.4 Å². The molecule has 4 atom stereocenters. The molecule has 43 heavy (non-hydrogen) atoms. The highest BCUT2D eigenvalue weighted by molar-refractivity contribution is 6.74. The van der Waals surface area contributed by atoms with Gasteiger partial charge in [-0.2, -0.15) is 0 Å². The smallest absolute Gasteiger partial charge is 0.257 e. The minimum atomic E-state index is -2.50. The van der Waals surface area contributed by atoms with E-state index in [1.54, 1.807) is 40.9 Å². The second kappa shape index (κ2) is 11.8. The molecule has 4 rings (SSSR count). The van der Waals surface area contributed by atoms with E-state index in [1.165, 1.54) is 6.33 Å². The number of alkyl halides is 1. The molecule has 0 aliphatic carbocycles. The summed E-state index contributed by atoms with van der Waals surface area (Å²) in [6, 6.07) is 10.5. The second-order valence-corrected chi connectivity index (χ2v) is 24.1. The van der Waals surface area contributed by atoms with Crippen molar-refractivity contribution in [3.8, 4) is 0 Å². The van der Waals surface area contributed by atoms with Gasteiger partial charge in [0.05, 0.1) is 13.2 Å². The second-order valence-electron chi connectivity index (χ2n) is 14.6. The third-order valence-electron chi connectivity index (χ3n) is 9.45. The van der Waals surface area contributed by atoms with Crippen molar-refractivity contribution < 1.29 is 27.9 Å². The van der Waals surface area contributed by atoms with Crippen molar-refractivity contribution in [1.29, 1.82) is 0 Å². The Morgan fingerprint density at radius 1 is 1.07 bits per heavy atom. The van der Waals surface area contributed by atoms with Gasteiger partial charge in [-0.1, -0.05) is 59.7 Å². The number of aliphatic hydroxyl groups is 1. The van der Waals surface area contributed by atoms with Gasteiger partial charge in [0, 0.05) is 17.3 Å². The number of aliphatic hydroxyl groups excluding tert-OH is 1. The standard InChI is InChI=1S/C31H47FN4O5Si2/c1-29(2,3)42(7,8)39-19-31(18-37)26(41-43(9,10)30(4,5)6)24(32)25(40-31)22-16-23-33-20-34-28(36(23)17-22)35-27(38)21-14-12-11-13-15-21/h11-17,20,24-26,37H,18-19H2,1-10H3,(H,33,34,35,38)/t24-,25-,26-,31+/m0/s1. The maximum absolute atomic E-state index is 16.8. The van der Waals surface area contributed by atoms with Crippen LogP contribution in [0.5, 0.6) is 0 Å². The molecule has 1 aliphatic heterocycles. The molecule has 0 spiro atoms. The number of rotatable bonds is 9. The summed E-state index contributed by atoms with van der Waals surface area (Å²) in [4.78, 5) is 21.4. The van der Waals surface area contributed by atoms with Gasteiger partial charge < -0.3 is 18.7 Å². The Hall–Kier alpha value is -2.49. The van der Waals surface area contributed by atoms with Gasteiger partial charge in [0.25, 0.3) is 5.91 Å². The highest BCUT2D eigenvalue weighted by atomic mass is 28.4. The molecular weight excluding hydrogens is 584 g/mol. The molecule has 0 radical (unpaired) electrons. The maximum Gasteiger partial charge on any atom is 0.257 e. The maximum atomic E-state index is 16.8. The Morgan fingerprint density at radius 3 is 2.28 bits per heavy atom. The van der Waals surface area contributed by atoms with E-state index in [9.17, 15) is 9.90 Å². The van der Waals surface area contributed by atoms with Crippen LogP contribution in [0.1, 0.15) is 63.6 Å². The van der Waals surface area contributed by atoms with Crippen LogP contribution in [0, 0.1) is 0 Å². The van der Waals surface area contributed by atoms with Crippen molar-refractivity contribution in [2.45, 2.75) is 102 Å². The lowest BCUT2D eigenvalue weighted by atomic mass is 9.96. The monoisotopic (exact) mass is 630 g/mol. The molecule has 1 aliphatic rings. The van der Waals surface area contributed by atoms with Crippen molar-refractivity contribution in [2.75, 3.05) is 18.5 Å². The molecule has 0 saturated carbocycles. The first-order chi connectivity index (χ1) is 19.8. The summed E-state index contributed by atoms with van der Waals surface area (Å²) < 4.78 is 38.1. The van der Waals surface area contributed by atoms with Crippen molar-refractivity contribution in [2.24, 2.45) is 0 Å². The first-order valence-corrected chi connectivity index (χ1v) is 20.6. The molecule has 1 aromatic carbocycles. The molecule has 1 saturated heterocycles. The quantitative estimate of drug-likeness (QED) is 0.259. The van der Waals surface area contributed by atoms with Crippen molar-refractivity contribution in [1.82, 2.24) is 14.4 Å². The van der Waals surface area contributed by atoms with Crippen LogP contribution in [0.15, 0.2) is 48.9 Å². The third-order valence-corrected chi connectivity index (χ3v) is 18.4. The Morgan fingerprint density at radius 2 is 1.70 bits per heavy atom.